The van der Waals surface area contributed by atoms with E-state index in [1.807, 2.05) is 13.2 Å². The molecule has 0 atom stereocenters. The topological polar surface area (TPSA) is 71.4 Å². The van der Waals surface area contributed by atoms with Gasteiger partial charge < -0.3 is 9.88 Å². The van der Waals surface area contributed by atoms with E-state index in [2.05, 4.69) is 21.2 Å². The smallest absolute Gasteiger partial charge is 0.268 e. The Morgan fingerprint density at radius 3 is 2.52 bits per heavy atom. The van der Waals surface area contributed by atoms with Crippen LogP contribution in [0.2, 0.25) is 0 Å². The molecule has 0 aliphatic carbocycles. The van der Waals surface area contributed by atoms with E-state index in [1.165, 1.54) is 4.31 Å². The van der Waals surface area contributed by atoms with Gasteiger partial charge in [0.15, 0.2) is 0 Å². The summed E-state index contributed by atoms with van der Waals surface area (Å²) < 4.78 is 27.7. The quantitative estimate of drug-likeness (QED) is 0.860. The lowest BCUT2D eigenvalue weighted by Gasteiger charge is -2.31. The molecule has 0 saturated carbocycles. The molecule has 0 radical (unpaired) electrons. The number of nitrogens with zero attached hydrogens (tertiary/aromatic N) is 2. The van der Waals surface area contributed by atoms with E-state index < -0.39 is 10.0 Å². The molecular weight excluding hydrogens is 358 g/mol. The van der Waals surface area contributed by atoms with Crippen molar-refractivity contribution in [1.29, 1.82) is 0 Å². The molecule has 2 rings (SSSR count). The van der Waals surface area contributed by atoms with Crippen LogP contribution in [-0.2, 0) is 17.1 Å². The van der Waals surface area contributed by atoms with Crippen LogP contribution in [0.1, 0.15) is 30.3 Å². The highest BCUT2D eigenvalue weighted by Gasteiger charge is 2.27. The number of nitrogens with one attached hydrogen (secondary N) is 1. The van der Waals surface area contributed by atoms with Crippen LogP contribution in [0.3, 0.4) is 0 Å². The highest BCUT2D eigenvalue weighted by molar-refractivity contribution is 9.10. The molecule has 1 saturated heterocycles. The van der Waals surface area contributed by atoms with Crippen molar-refractivity contribution in [3.05, 3.63) is 22.4 Å². The van der Waals surface area contributed by atoms with Crippen molar-refractivity contribution in [1.82, 2.24) is 14.2 Å². The molecule has 0 bridgehead atoms. The molecule has 2 heterocycles. The van der Waals surface area contributed by atoms with Gasteiger partial charge in [0.2, 0.25) is 10.0 Å². The molecule has 1 N–H and O–H groups in total. The second-order valence-electron chi connectivity index (χ2n) is 5.20. The lowest BCUT2D eigenvalue weighted by atomic mass is 10.1. The first kappa shape index (κ1) is 16.5. The Morgan fingerprint density at radius 2 is 2.05 bits per heavy atom. The van der Waals surface area contributed by atoms with Gasteiger partial charge in [0.25, 0.3) is 5.91 Å². The molecule has 1 aliphatic heterocycles. The van der Waals surface area contributed by atoms with Gasteiger partial charge in [-0.2, -0.15) is 0 Å². The number of aryl methyl sites for hydroxylation is 1. The molecule has 6 nitrogen and oxygen atoms in total. The fraction of sp³-hybridized carbons (Fsp3) is 0.615. The van der Waals surface area contributed by atoms with Crippen LogP contribution in [0, 0.1) is 0 Å². The van der Waals surface area contributed by atoms with Gasteiger partial charge in [0.05, 0.1) is 5.75 Å². The molecule has 1 fully saturated rings. The highest BCUT2D eigenvalue weighted by atomic mass is 79.9. The minimum Gasteiger partial charge on any atom is -0.348 e. The summed E-state index contributed by atoms with van der Waals surface area (Å²) in [4.78, 5) is 12.2. The van der Waals surface area contributed by atoms with E-state index in [-0.39, 0.29) is 17.7 Å². The Labute approximate surface area is 133 Å². The zero-order valence-electron chi connectivity index (χ0n) is 12.2. The summed E-state index contributed by atoms with van der Waals surface area (Å²) >= 11 is 3.34. The van der Waals surface area contributed by atoms with E-state index in [0.717, 1.165) is 4.47 Å². The Bertz CT molecular complexity index is 619. The van der Waals surface area contributed by atoms with Gasteiger partial charge in [-0.1, -0.05) is 0 Å². The maximum atomic E-state index is 12.2. The van der Waals surface area contributed by atoms with Crippen LogP contribution < -0.4 is 5.32 Å². The van der Waals surface area contributed by atoms with Crippen LogP contribution in [0.4, 0.5) is 0 Å². The average molecular weight is 378 g/mol. The number of hydrogen-bond acceptors (Lipinski definition) is 3. The number of rotatable bonds is 4. The van der Waals surface area contributed by atoms with Crippen molar-refractivity contribution < 1.29 is 13.2 Å². The number of sulfonamides is 1. The number of halogens is 1. The fourth-order valence-electron chi connectivity index (χ4n) is 2.47. The first-order valence-electron chi connectivity index (χ1n) is 6.94. The fourth-order valence-corrected chi connectivity index (χ4v) is 4.13. The second-order valence-corrected chi connectivity index (χ2v) is 8.38. The summed E-state index contributed by atoms with van der Waals surface area (Å²) in [6, 6.07) is 1.79. The summed E-state index contributed by atoms with van der Waals surface area (Å²) in [5.74, 6) is 0.00139. The largest absolute Gasteiger partial charge is 0.348 e. The molecule has 0 spiro atoms. The minimum absolute atomic E-state index is 0.0227. The highest BCUT2D eigenvalue weighted by Crippen LogP contribution is 2.17. The number of carbonyl (C=O) groups excluding carboxylic acids is 1. The summed E-state index contributed by atoms with van der Waals surface area (Å²) in [7, 11) is -1.30. The van der Waals surface area contributed by atoms with Crippen LogP contribution in [0.25, 0.3) is 0 Å². The van der Waals surface area contributed by atoms with E-state index >= 15 is 0 Å². The van der Waals surface area contributed by atoms with Crippen molar-refractivity contribution >= 4 is 31.9 Å². The van der Waals surface area contributed by atoms with Crippen molar-refractivity contribution in [3.63, 3.8) is 0 Å². The number of piperidine rings is 1. The second kappa shape index (κ2) is 6.50. The standard InChI is InChI=1S/C13H20BrN3O3S/c1-3-21(19,20)17-6-4-11(5-7-17)15-13(18)12-8-10(14)9-16(12)2/h8-9,11H,3-7H2,1-2H3,(H,15,18). The number of carbonyl (C=O) groups is 1. The van der Waals surface area contributed by atoms with Crippen molar-refractivity contribution in [3.8, 4) is 0 Å². The average Bonchev–Trinajstić information content (AvgIpc) is 2.78. The third kappa shape index (κ3) is 3.87. The normalized spacial score (nSPS) is 17.9. The lowest BCUT2D eigenvalue weighted by Crippen LogP contribution is -2.47. The van der Waals surface area contributed by atoms with Crippen LogP contribution >= 0.6 is 15.9 Å². The van der Waals surface area contributed by atoms with Crippen LogP contribution in [0.5, 0.6) is 0 Å². The Hall–Kier alpha value is -0.860. The molecule has 21 heavy (non-hydrogen) atoms. The first-order valence-corrected chi connectivity index (χ1v) is 9.34. The predicted octanol–water partition coefficient (Wildman–Crippen LogP) is 1.33. The zero-order valence-corrected chi connectivity index (χ0v) is 14.6. The summed E-state index contributed by atoms with van der Waals surface area (Å²) in [5.41, 5.74) is 0.588. The molecule has 1 aromatic rings. The molecule has 0 unspecified atom stereocenters. The predicted molar refractivity (Wildman–Crippen MR) is 84.6 cm³/mol. The third-order valence-electron chi connectivity index (χ3n) is 3.75. The van der Waals surface area contributed by atoms with E-state index in [1.54, 1.807) is 17.6 Å². The van der Waals surface area contributed by atoms with E-state index in [4.69, 9.17) is 0 Å². The van der Waals surface area contributed by atoms with Gasteiger partial charge in [-0.3, -0.25) is 4.79 Å². The zero-order chi connectivity index (χ0) is 15.6. The molecular formula is C13H20BrN3O3S. The van der Waals surface area contributed by atoms with Crippen molar-refractivity contribution in [2.75, 3.05) is 18.8 Å². The van der Waals surface area contributed by atoms with Gasteiger partial charge in [0.1, 0.15) is 5.69 Å². The van der Waals surface area contributed by atoms with Crippen molar-refractivity contribution in [2.24, 2.45) is 7.05 Å². The molecule has 1 aromatic heterocycles. The van der Waals surface area contributed by atoms with Crippen molar-refractivity contribution in [2.45, 2.75) is 25.8 Å². The lowest BCUT2D eigenvalue weighted by molar-refractivity contribution is 0.0915. The maximum absolute atomic E-state index is 12.2. The molecule has 0 aromatic carbocycles. The van der Waals surface area contributed by atoms with E-state index in [0.29, 0.717) is 31.6 Å². The van der Waals surface area contributed by atoms with Gasteiger partial charge >= 0.3 is 0 Å². The van der Waals surface area contributed by atoms with Gasteiger partial charge in [-0.15, -0.1) is 0 Å². The van der Waals surface area contributed by atoms with Gasteiger partial charge in [-0.05, 0) is 41.8 Å². The van der Waals surface area contributed by atoms with Gasteiger partial charge in [0, 0.05) is 36.8 Å². The first-order chi connectivity index (χ1) is 9.83. The molecule has 1 aliphatic rings. The number of aromatic nitrogens is 1. The Kier molecular flexibility index (Phi) is 5.11. The number of hydrogen-bond donors (Lipinski definition) is 1. The Balaban J connectivity index is 1.92. The third-order valence-corrected chi connectivity index (χ3v) is 6.07. The summed E-state index contributed by atoms with van der Waals surface area (Å²) in [5, 5.41) is 2.98. The SMILES string of the molecule is CCS(=O)(=O)N1CCC(NC(=O)c2cc(Br)cn2C)CC1. The van der Waals surface area contributed by atoms with Crippen LogP contribution in [0.15, 0.2) is 16.7 Å². The van der Waals surface area contributed by atoms with Crippen LogP contribution in [-0.4, -0.2) is 48.1 Å². The monoisotopic (exact) mass is 377 g/mol. The molecule has 118 valence electrons. The Morgan fingerprint density at radius 1 is 1.43 bits per heavy atom. The molecule has 1 amide bonds. The van der Waals surface area contributed by atoms with E-state index in [9.17, 15) is 13.2 Å². The van der Waals surface area contributed by atoms with Gasteiger partial charge in [-0.25, -0.2) is 12.7 Å². The molecule has 8 heteroatoms. The maximum Gasteiger partial charge on any atom is 0.268 e. The number of amides is 1. The summed E-state index contributed by atoms with van der Waals surface area (Å²) in [6.45, 7) is 2.59. The summed E-state index contributed by atoms with van der Waals surface area (Å²) in [6.07, 6.45) is 3.12. The minimum atomic E-state index is -3.12.